The predicted octanol–water partition coefficient (Wildman–Crippen LogP) is 2.88. The van der Waals surface area contributed by atoms with Crippen LogP contribution in [0.15, 0.2) is 18.2 Å². The van der Waals surface area contributed by atoms with Gasteiger partial charge in [0.25, 0.3) is 5.91 Å². The highest BCUT2D eigenvalue weighted by molar-refractivity contribution is 5.99. The van der Waals surface area contributed by atoms with Gasteiger partial charge in [-0.15, -0.1) is 0 Å². The Morgan fingerprint density at radius 2 is 2.19 bits per heavy atom. The first-order valence-corrected chi connectivity index (χ1v) is 7.50. The van der Waals surface area contributed by atoms with Crippen molar-refractivity contribution < 1.29 is 13.9 Å². The van der Waals surface area contributed by atoms with Crippen molar-refractivity contribution >= 4 is 11.6 Å². The summed E-state index contributed by atoms with van der Waals surface area (Å²) in [6.45, 7) is 4.82. The summed E-state index contributed by atoms with van der Waals surface area (Å²) in [7, 11) is 0. The van der Waals surface area contributed by atoms with Crippen LogP contribution in [0.1, 0.15) is 49.9 Å². The molecule has 0 bridgehead atoms. The molecule has 1 aromatic carbocycles. The average Bonchev–Trinajstić information content (AvgIpc) is 2.50. The fraction of sp³-hybridized carbons (Fsp3) is 0.562. The lowest BCUT2D eigenvalue weighted by molar-refractivity contribution is -0.0917. The number of anilines is 1. The second kappa shape index (κ2) is 6.43. The SMILES string of the molecule is CCC1(CC)CC(NC(=O)c2cccc(F)c2N)CCO1. The van der Waals surface area contributed by atoms with Crippen LogP contribution in [0.2, 0.25) is 0 Å². The maximum absolute atomic E-state index is 13.4. The van der Waals surface area contributed by atoms with Crippen LogP contribution >= 0.6 is 0 Å². The molecule has 21 heavy (non-hydrogen) atoms. The maximum Gasteiger partial charge on any atom is 0.253 e. The van der Waals surface area contributed by atoms with Gasteiger partial charge in [0.2, 0.25) is 0 Å². The van der Waals surface area contributed by atoms with E-state index in [1.54, 1.807) is 6.07 Å². The van der Waals surface area contributed by atoms with Gasteiger partial charge >= 0.3 is 0 Å². The molecule has 3 N–H and O–H groups in total. The first kappa shape index (κ1) is 15.8. The van der Waals surface area contributed by atoms with Crippen molar-refractivity contribution in [1.82, 2.24) is 5.32 Å². The number of nitrogen functional groups attached to an aromatic ring is 1. The van der Waals surface area contributed by atoms with Crippen LogP contribution in [-0.4, -0.2) is 24.2 Å². The molecule has 0 aromatic heterocycles. The monoisotopic (exact) mass is 294 g/mol. The van der Waals surface area contributed by atoms with E-state index in [4.69, 9.17) is 10.5 Å². The van der Waals surface area contributed by atoms with Crippen molar-refractivity contribution in [1.29, 1.82) is 0 Å². The lowest BCUT2D eigenvalue weighted by atomic mass is 9.86. The smallest absolute Gasteiger partial charge is 0.253 e. The van der Waals surface area contributed by atoms with Gasteiger partial charge in [0.05, 0.1) is 16.9 Å². The molecule has 1 aliphatic rings. The predicted molar refractivity (Wildman–Crippen MR) is 80.6 cm³/mol. The van der Waals surface area contributed by atoms with Crippen LogP contribution in [0, 0.1) is 5.82 Å². The minimum Gasteiger partial charge on any atom is -0.396 e. The number of amides is 1. The maximum atomic E-state index is 13.4. The number of halogens is 1. The third-order valence-corrected chi connectivity index (χ3v) is 4.41. The van der Waals surface area contributed by atoms with Crippen LogP contribution < -0.4 is 11.1 Å². The number of rotatable bonds is 4. The molecule has 1 aliphatic heterocycles. The molecule has 5 heteroatoms. The van der Waals surface area contributed by atoms with E-state index in [-0.39, 0.29) is 28.8 Å². The summed E-state index contributed by atoms with van der Waals surface area (Å²) < 4.78 is 19.3. The second-order valence-electron chi connectivity index (χ2n) is 5.60. The molecule has 4 nitrogen and oxygen atoms in total. The van der Waals surface area contributed by atoms with Crippen molar-refractivity contribution in [3.8, 4) is 0 Å². The van der Waals surface area contributed by atoms with Crippen LogP contribution in [0.4, 0.5) is 10.1 Å². The number of nitrogens with one attached hydrogen (secondary N) is 1. The van der Waals surface area contributed by atoms with Gasteiger partial charge in [0.1, 0.15) is 5.82 Å². The number of para-hydroxylation sites is 1. The number of carbonyl (C=O) groups excluding carboxylic acids is 1. The Kier molecular flexibility index (Phi) is 4.83. The molecule has 0 saturated carbocycles. The molecule has 0 aliphatic carbocycles. The number of nitrogens with two attached hydrogens (primary N) is 1. The highest BCUT2D eigenvalue weighted by atomic mass is 19.1. The zero-order valence-corrected chi connectivity index (χ0v) is 12.6. The van der Waals surface area contributed by atoms with Crippen molar-refractivity contribution in [3.63, 3.8) is 0 Å². The van der Waals surface area contributed by atoms with Crippen molar-refractivity contribution in [3.05, 3.63) is 29.6 Å². The van der Waals surface area contributed by atoms with E-state index in [1.807, 2.05) is 0 Å². The Morgan fingerprint density at radius 3 is 2.86 bits per heavy atom. The van der Waals surface area contributed by atoms with E-state index in [9.17, 15) is 9.18 Å². The molecular weight excluding hydrogens is 271 g/mol. The van der Waals surface area contributed by atoms with Crippen molar-refractivity contribution in [2.45, 2.75) is 51.2 Å². The third-order valence-electron chi connectivity index (χ3n) is 4.41. The molecule has 0 spiro atoms. The van der Waals surface area contributed by atoms with Gasteiger partial charge < -0.3 is 15.8 Å². The summed E-state index contributed by atoms with van der Waals surface area (Å²) in [6.07, 6.45) is 3.37. The van der Waals surface area contributed by atoms with Gasteiger partial charge in [-0.3, -0.25) is 4.79 Å². The number of ether oxygens (including phenoxy) is 1. The van der Waals surface area contributed by atoms with Gasteiger partial charge in [-0.2, -0.15) is 0 Å². The van der Waals surface area contributed by atoms with Gasteiger partial charge in [-0.1, -0.05) is 19.9 Å². The first-order valence-electron chi connectivity index (χ1n) is 7.50. The number of hydrogen-bond acceptors (Lipinski definition) is 3. The van der Waals surface area contributed by atoms with Gasteiger partial charge in [-0.05, 0) is 37.8 Å². The molecule has 1 saturated heterocycles. The Hall–Kier alpha value is -1.62. The molecule has 1 atom stereocenters. The van der Waals surface area contributed by atoms with Gasteiger partial charge in [0.15, 0.2) is 0 Å². The lowest BCUT2D eigenvalue weighted by Gasteiger charge is -2.40. The molecule has 1 heterocycles. The number of carbonyl (C=O) groups is 1. The van der Waals surface area contributed by atoms with Crippen LogP contribution in [0.3, 0.4) is 0 Å². The van der Waals surface area contributed by atoms with Gasteiger partial charge in [0, 0.05) is 12.6 Å². The van der Waals surface area contributed by atoms with Crippen LogP contribution in [0.5, 0.6) is 0 Å². The Labute approximate surface area is 124 Å². The Bertz CT molecular complexity index is 515. The quantitative estimate of drug-likeness (QED) is 0.839. The summed E-state index contributed by atoms with van der Waals surface area (Å²) in [5, 5.41) is 2.96. The molecule has 116 valence electrons. The van der Waals surface area contributed by atoms with E-state index in [0.29, 0.717) is 6.61 Å². The molecule has 1 unspecified atom stereocenters. The Morgan fingerprint density at radius 1 is 1.48 bits per heavy atom. The average molecular weight is 294 g/mol. The third kappa shape index (κ3) is 3.35. The fourth-order valence-electron chi connectivity index (χ4n) is 2.89. The number of benzene rings is 1. The minimum absolute atomic E-state index is 0.0359. The molecular formula is C16H23FN2O2. The molecule has 1 amide bonds. The highest BCUT2D eigenvalue weighted by Crippen LogP contribution is 2.31. The fourth-order valence-corrected chi connectivity index (χ4v) is 2.89. The van der Waals surface area contributed by atoms with Crippen molar-refractivity contribution in [2.75, 3.05) is 12.3 Å². The summed E-state index contributed by atoms with van der Waals surface area (Å²) in [5.41, 5.74) is 5.57. The summed E-state index contributed by atoms with van der Waals surface area (Å²) >= 11 is 0. The topological polar surface area (TPSA) is 64.4 Å². The summed E-state index contributed by atoms with van der Waals surface area (Å²) in [6, 6.07) is 4.32. The van der Waals surface area contributed by atoms with Crippen LogP contribution in [-0.2, 0) is 4.74 Å². The lowest BCUT2D eigenvalue weighted by Crippen LogP contribution is -2.48. The molecule has 1 aromatic rings. The molecule has 0 radical (unpaired) electrons. The van der Waals surface area contributed by atoms with E-state index >= 15 is 0 Å². The van der Waals surface area contributed by atoms with E-state index in [0.717, 1.165) is 25.7 Å². The molecule has 2 rings (SSSR count). The first-order chi connectivity index (χ1) is 10.0. The van der Waals surface area contributed by atoms with E-state index in [1.165, 1.54) is 12.1 Å². The minimum atomic E-state index is -0.564. The number of hydrogen-bond donors (Lipinski definition) is 2. The Balaban J connectivity index is 2.07. The normalized spacial score (nSPS) is 21.0. The van der Waals surface area contributed by atoms with Gasteiger partial charge in [-0.25, -0.2) is 4.39 Å². The highest BCUT2D eigenvalue weighted by Gasteiger charge is 2.35. The summed E-state index contributed by atoms with van der Waals surface area (Å²) in [4.78, 5) is 12.3. The standard InChI is InChI=1S/C16H23FN2O2/c1-3-16(4-2)10-11(8-9-21-16)19-15(20)12-6-5-7-13(17)14(12)18/h5-7,11H,3-4,8-10,18H2,1-2H3,(H,19,20). The largest absolute Gasteiger partial charge is 0.396 e. The zero-order valence-electron chi connectivity index (χ0n) is 12.6. The summed E-state index contributed by atoms with van der Waals surface area (Å²) in [5.74, 6) is -0.883. The van der Waals surface area contributed by atoms with E-state index in [2.05, 4.69) is 19.2 Å². The van der Waals surface area contributed by atoms with E-state index < -0.39 is 5.82 Å². The molecule has 1 fully saturated rings. The zero-order chi connectivity index (χ0) is 15.5. The second-order valence-corrected chi connectivity index (χ2v) is 5.60. The van der Waals surface area contributed by atoms with Crippen molar-refractivity contribution in [2.24, 2.45) is 0 Å². The van der Waals surface area contributed by atoms with Crippen LogP contribution in [0.25, 0.3) is 0 Å².